The van der Waals surface area contributed by atoms with Crippen LogP contribution < -0.4 is 10.6 Å². The Bertz CT molecular complexity index is 326. The van der Waals surface area contributed by atoms with Crippen molar-refractivity contribution < 1.29 is 5.11 Å². The van der Waals surface area contributed by atoms with E-state index in [2.05, 4.69) is 29.5 Å². The lowest BCUT2D eigenvalue weighted by Crippen LogP contribution is -2.43. The van der Waals surface area contributed by atoms with E-state index in [1.807, 2.05) is 11.6 Å². The molecule has 16 heavy (non-hydrogen) atoms. The third-order valence-corrected chi connectivity index (χ3v) is 4.05. The molecule has 2 unspecified atom stereocenters. The van der Waals surface area contributed by atoms with Gasteiger partial charge in [-0.25, -0.2) is 4.98 Å². The van der Waals surface area contributed by atoms with Gasteiger partial charge in [-0.3, -0.25) is 0 Å². The fraction of sp³-hybridized carbons (Fsp3) is 0.727. The molecule has 4 nitrogen and oxygen atoms in total. The Kier molecular flexibility index (Phi) is 3.59. The van der Waals surface area contributed by atoms with Crippen molar-refractivity contribution in [3.8, 4) is 0 Å². The molecule has 0 bridgehead atoms. The van der Waals surface area contributed by atoms with E-state index in [9.17, 15) is 5.11 Å². The minimum absolute atomic E-state index is 0.0939. The molecule has 90 valence electrons. The maximum atomic E-state index is 9.41. The van der Waals surface area contributed by atoms with Crippen LogP contribution in [0.1, 0.15) is 25.3 Å². The molecule has 1 saturated heterocycles. The summed E-state index contributed by atoms with van der Waals surface area (Å²) in [4.78, 5) is 4.33. The maximum Gasteiger partial charge on any atom is 0.112 e. The topological polar surface area (TPSA) is 57.2 Å². The number of rotatable bonds is 4. The summed E-state index contributed by atoms with van der Waals surface area (Å²) in [6.07, 6.45) is 2.48. The van der Waals surface area contributed by atoms with Crippen LogP contribution in [-0.2, 0) is 5.54 Å². The number of hydrogen-bond donors (Lipinski definition) is 3. The summed E-state index contributed by atoms with van der Waals surface area (Å²) in [6, 6.07) is 0.370. The van der Waals surface area contributed by atoms with Gasteiger partial charge >= 0.3 is 0 Å². The largest absolute Gasteiger partial charge is 0.392 e. The molecule has 1 aliphatic rings. The number of thiazole rings is 1. The first-order valence-electron chi connectivity index (χ1n) is 5.64. The van der Waals surface area contributed by atoms with Gasteiger partial charge in [-0.05, 0) is 20.3 Å². The molecular weight excluding hydrogens is 222 g/mol. The molecule has 0 aliphatic carbocycles. The molecule has 2 heterocycles. The summed E-state index contributed by atoms with van der Waals surface area (Å²) in [6.45, 7) is 5.85. The van der Waals surface area contributed by atoms with Gasteiger partial charge in [-0.15, -0.1) is 11.3 Å². The number of β-amino-alcohol motifs (C(OH)–C–C–N with tert-alkyl or cyclic N) is 1. The molecule has 1 fully saturated rings. The average Bonchev–Trinajstić information content (AvgIpc) is 2.85. The maximum absolute atomic E-state index is 9.41. The summed E-state index contributed by atoms with van der Waals surface area (Å²) < 4.78 is 0. The highest BCUT2D eigenvalue weighted by molar-refractivity contribution is 7.09. The van der Waals surface area contributed by atoms with Crippen molar-refractivity contribution in [2.75, 3.05) is 13.1 Å². The third kappa shape index (κ3) is 2.79. The van der Waals surface area contributed by atoms with Crippen LogP contribution in [0.4, 0.5) is 0 Å². The van der Waals surface area contributed by atoms with Crippen LogP contribution in [0, 0.1) is 0 Å². The van der Waals surface area contributed by atoms with Crippen LogP contribution in [0.15, 0.2) is 11.6 Å². The quantitative estimate of drug-likeness (QED) is 0.726. The Morgan fingerprint density at radius 1 is 1.69 bits per heavy atom. The SMILES string of the molecule is CC(C)(NCC1CC(O)CN1)c1nccs1. The predicted octanol–water partition coefficient (Wildman–Crippen LogP) is 0.691. The lowest BCUT2D eigenvalue weighted by atomic mass is 10.1. The second-order valence-corrected chi connectivity index (χ2v) is 5.73. The van der Waals surface area contributed by atoms with Crippen LogP contribution >= 0.6 is 11.3 Å². The molecule has 0 radical (unpaired) electrons. The zero-order valence-electron chi connectivity index (χ0n) is 9.73. The minimum Gasteiger partial charge on any atom is -0.392 e. The first-order valence-corrected chi connectivity index (χ1v) is 6.52. The summed E-state index contributed by atoms with van der Waals surface area (Å²) in [7, 11) is 0. The third-order valence-electron chi connectivity index (χ3n) is 2.96. The van der Waals surface area contributed by atoms with Crippen molar-refractivity contribution in [1.29, 1.82) is 0 Å². The highest BCUT2D eigenvalue weighted by Gasteiger charge is 2.27. The monoisotopic (exact) mass is 241 g/mol. The van der Waals surface area contributed by atoms with Crippen LogP contribution in [0.2, 0.25) is 0 Å². The summed E-state index contributed by atoms with van der Waals surface area (Å²) in [5, 5.41) is 19.3. The Labute approximate surface area is 100 Å². The Morgan fingerprint density at radius 3 is 3.06 bits per heavy atom. The highest BCUT2D eigenvalue weighted by Crippen LogP contribution is 2.22. The Morgan fingerprint density at radius 2 is 2.50 bits per heavy atom. The lowest BCUT2D eigenvalue weighted by Gasteiger charge is -2.25. The first-order chi connectivity index (χ1) is 7.58. The van der Waals surface area contributed by atoms with Crippen molar-refractivity contribution in [2.24, 2.45) is 0 Å². The molecular formula is C11H19N3OS. The number of nitrogens with one attached hydrogen (secondary N) is 2. The number of aromatic nitrogens is 1. The molecule has 1 aromatic heterocycles. The number of aliphatic hydroxyl groups is 1. The molecule has 1 aromatic rings. The minimum atomic E-state index is -0.185. The van der Waals surface area contributed by atoms with Gasteiger partial charge in [0, 0.05) is 30.7 Å². The zero-order valence-corrected chi connectivity index (χ0v) is 10.5. The number of nitrogens with zero attached hydrogens (tertiary/aromatic N) is 1. The van der Waals surface area contributed by atoms with Crippen LogP contribution in [0.3, 0.4) is 0 Å². The number of aliphatic hydroxyl groups excluding tert-OH is 1. The molecule has 2 rings (SSSR count). The van der Waals surface area contributed by atoms with E-state index in [1.165, 1.54) is 0 Å². The van der Waals surface area contributed by atoms with E-state index < -0.39 is 0 Å². The summed E-state index contributed by atoms with van der Waals surface area (Å²) >= 11 is 1.67. The molecule has 1 aliphatic heterocycles. The van der Waals surface area contributed by atoms with Gasteiger partial charge in [-0.2, -0.15) is 0 Å². The average molecular weight is 241 g/mol. The van der Waals surface area contributed by atoms with Gasteiger partial charge in [0.15, 0.2) is 0 Å². The first kappa shape index (κ1) is 12.0. The van der Waals surface area contributed by atoms with E-state index in [-0.39, 0.29) is 11.6 Å². The molecule has 0 amide bonds. The molecule has 2 atom stereocenters. The molecule has 5 heteroatoms. The second-order valence-electron chi connectivity index (χ2n) is 4.84. The summed E-state index contributed by atoms with van der Waals surface area (Å²) in [5.41, 5.74) is -0.0939. The summed E-state index contributed by atoms with van der Waals surface area (Å²) in [5.74, 6) is 0. The van der Waals surface area contributed by atoms with Gasteiger partial charge in [0.2, 0.25) is 0 Å². The predicted molar refractivity (Wildman–Crippen MR) is 65.6 cm³/mol. The van der Waals surface area contributed by atoms with Crippen molar-refractivity contribution >= 4 is 11.3 Å². The normalized spacial score (nSPS) is 26.2. The fourth-order valence-corrected chi connectivity index (χ4v) is 2.68. The van der Waals surface area contributed by atoms with Gasteiger partial charge in [0.1, 0.15) is 5.01 Å². The van der Waals surface area contributed by atoms with Gasteiger partial charge < -0.3 is 15.7 Å². The van der Waals surface area contributed by atoms with Crippen molar-refractivity contribution in [3.05, 3.63) is 16.6 Å². The molecule has 0 spiro atoms. The van der Waals surface area contributed by atoms with E-state index in [1.54, 1.807) is 11.3 Å². The van der Waals surface area contributed by atoms with E-state index >= 15 is 0 Å². The zero-order chi connectivity index (χ0) is 11.6. The van der Waals surface area contributed by atoms with Crippen molar-refractivity contribution in [1.82, 2.24) is 15.6 Å². The van der Waals surface area contributed by atoms with Crippen LogP contribution in [0.5, 0.6) is 0 Å². The smallest absolute Gasteiger partial charge is 0.112 e. The Hall–Kier alpha value is -0.490. The van der Waals surface area contributed by atoms with Gasteiger partial charge in [0.05, 0.1) is 11.6 Å². The van der Waals surface area contributed by atoms with Crippen molar-refractivity contribution in [3.63, 3.8) is 0 Å². The fourth-order valence-electron chi connectivity index (χ4n) is 1.94. The van der Waals surface area contributed by atoms with Gasteiger partial charge in [-0.1, -0.05) is 0 Å². The highest BCUT2D eigenvalue weighted by atomic mass is 32.1. The van der Waals surface area contributed by atoms with E-state index in [4.69, 9.17) is 0 Å². The standard InChI is InChI=1S/C11H19N3OS/c1-11(2,10-12-3-4-16-10)14-6-8-5-9(15)7-13-8/h3-4,8-9,13-15H,5-7H2,1-2H3. The molecule has 3 N–H and O–H groups in total. The molecule has 0 aromatic carbocycles. The van der Waals surface area contributed by atoms with Crippen LogP contribution in [-0.4, -0.2) is 35.3 Å². The van der Waals surface area contributed by atoms with Gasteiger partial charge in [0.25, 0.3) is 0 Å². The number of hydrogen-bond acceptors (Lipinski definition) is 5. The lowest BCUT2D eigenvalue weighted by molar-refractivity contribution is 0.192. The second kappa shape index (κ2) is 4.79. The Balaban J connectivity index is 1.85. The van der Waals surface area contributed by atoms with E-state index in [0.717, 1.165) is 18.0 Å². The van der Waals surface area contributed by atoms with E-state index in [0.29, 0.717) is 12.6 Å². The van der Waals surface area contributed by atoms with Crippen molar-refractivity contribution in [2.45, 2.75) is 38.0 Å². The molecule has 0 saturated carbocycles. The van der Waals surface area contributed by atoms with Crippen LogP contribution in [0.25, 0.3) is 0 Å².